The van der Waals surface area contributed by atoms with E-state index >= 15 is 0 Å². The number of fused-ring (bicyclic) bond motifs is 8. The number of non-ortho nitro benzene ring substituents is 1. The second kappa shape index (κ2) is 18.5. The number of nitro benzene ring substituents is 1. The van der Waals surface area contributed by atoms with E-state index < -0.39 is 16.9 Å². The number of hydrogen-bond acceptors (Lipinski definition) is 14. The first kappa shape index (κ1) is 39.7. The third kappa shape index (κ3) is 11.0. The molecule has 1 radical (unpaired) electrons. The van der Waals surface area contributed by atoms with E-state index in [-0.39, 0.29) is 74.4 Å². The number of benzene rings is 1. The van der Waals surface area contributed by atoms with Gasteiger partial charge in [-0.1, -0.05) is 11.3 Å². The summed E-state index contributed by atoms with van der Waals surface area (Å²) in [6, 6.07) is 13.3. The summed E-state index contributed by atoms with van der Waals surface area (Å²) >= 11 is 0. The van der Waals surface area contributed by atoms with Crippen LogP contribution in [0.4, 0.5) is 5.69 Å². The van der Waals surface area contributed by atoms with Crippen LogP contribution in [0, 0.1) is 47.0 Å². The summed E-state index contributed by atoms with van der Waals surface area (Å²) in [5.41, 5.74) is 3.93. The summed E-state index contributed by atoms with van der Waals surface area (Å²) in [5, 5.41) is 39.8. The first-order valence-electron chi connectivity index (χ1n) is 16.7. The Morgan fingerprint density at radius 2 is 1.38 bits per heavy atom. The van der Waals surface area contributed by atoms with Crippen LogP contribution in [-0.4, -0.2) is 144 Å². The minimum absolute atomic E-state index is 0. The minimum Gasteiger partial charge on any atom is -0.480 e. The molecule has 0 spiro atoms. The Hall–Kier alpha value is -4.46. The molecule has 3 aromatic heterocycles. The summed E-state index contributed by atoms with van der Waals surface area (Å²) < 4.78 is 6.70. The number of nitro groups is 1. The van der Waals surface area contributed by atoms with Gasteiger partial charge in [0.1, 0.15) is 11.4 Å². The van der Waals surface area contributed by atoms with E-state index in [4.69, 9.17) is 14.7 Å². The number of carboxylic acid groups (broad SMARTS) is 2. The van der Waals surface area contributed by atoms with E-state index in [1.165, 1.54) is 18.2 Å². The van der Waals surface area contributed by atoms with Gasteiger partial charge in [-0.25, -0.2) is 9.67 Å². The maximum absolute atomic E-state index is 11.9. The second-order valence-electron chi connectivity index (χ2n) is 12.7. The maximum atomic E-state index is 11.9. The molecule has 1 saturated heterocycles. The van der Waals surface area contributed by atoms with Gasteiger partial charge in [-0.2, -0.15) is 0 Å². The number of hydrogen-bond donors (Lipinski definition) is 2. The van der Waals surface area contributed by atoms with E-state index in [0.29, 0.717) is 99.4 Å². The molecule has 53 heavy (non-hydrogen) atoms. The molecule has 0 aliphatic carbocycles. The zero-order chi connectivity index (χ0) is 36.6. The van der Waals surface area contributed by atoms with Crippen LogP contribution < -0.4 is 4.74 Å². The molecular weight excluding hydrogens is 851 g/mol. The third-order valence-electron chi connectivity index (χ3n) is 8.97. The summed E-state index contributed by atoms with van der Waals surface area (Å²) in [6.07, 6.45) is 1.62. The molecule has 0 unspecified atom stereocenters. The fraction of sp³-hybridized carbons (Fsp3) is 0.382. The molecule has 287 valence electrons. The van der Waals surface area contributed by atoms with Gasteiger partial charge in [-0.3, -0.25) is 49.1 Å². The van der Waals surface area contributed by atoms with Crippen LogP contribution in [0.2, 0.25) is 0 Å². The molecule has 19 heteroatoms. The number of carboxylic acids is 2. The average molecular weight is 890 g/mol. The molecule has 0 amide bonds. The molecule has 18 nitrogen and oxygen atoms in total. The van der Waals surface area contributed by atoms with Crippen LogP contribution in [0.25, 0.3) is 22.5 Å². The Bertz CT molecular complexity index is 1910. The van der Waals surface area contributed by atoms with Crippen molar-refractivity contribution in [3.63, 3.8) is 0 Å². The van der Waals surface area contributed by atoms with Crippen molar-refractivity contribution >= 4 is 24.1 Å². The summed E-state index contributed by atoms with van der Waals surface area (Å²) in [4.78, 5) is 64.2. The molecule has 3 aliphatic heterocycles. The molecule has 1 aromatic carbocycles. The van der Waals surface area contributed by atoms with Gasteiger partial charge in [0.15, 0.2) is 0 Å². The fourth-order valence-corrected chi connectivity index (χ4v) is 6.45. The number of pyridine rings is 2. The Morgan fingerprint density at radius 1 is 0.792 bits per heavy atom. The SMILES string of the molecule is O=COc1cc(-c2cc3nc(c2)Cn2nncc2-c2cccc(n2)CN2CCN(CC(=O)O)CCN(CCN(CC(=O)O)CC2)C3)cc([N+](=O)[O-])c1.[Lu]. The topological polar surface area (TPSA) is 213 Å². The van der Waals surface area contributed by atoms with E-state index in [1.54, 1.807) is 23.0 Å². The third-order valence-corrected chi connectivity index (χ3v) is 8.97. The van der Waals surface area contributed by atoms with Gasteiger partial charge in [0.05, 0.1) is 59.6 Å². The van der Waals surface area contributed by atoms with Crippen LogP contribution in [0.15, 0.2) is 54.7 Å². The Kier molecular flexibility index (Phi) is 13.9. The van der Waals surface area contributed by atoms with E-state index in [2.05, 4.69) is 20.1 Å². The monoisotopic (exact) mass is 889 g/mol. The normalized spacial score (nSPS) is 18.5. The van der Waals surface area contributed by atoms with Crippen molar-refractivity contribution in [1.29, 1.82) is 0 Å². The van der Waals surface area contributed by atoms with Crippen molar-refractivity contribution in [3.05, 3.63) is 81.9 Å². The summed E-state index contributed by atoms with van der Waals surface area (Å²) in [7, 11) is 0. The minimum atomic E-state index is -0.937. The van der Waals surface area contributed by atoms with E-state index in [1.807, 2.05) is 28.0 Å². The molecule has 0 atom stereocenters. The van der Waals surface area contributed by atoms with Gasteiger partial charge in [-0.15, -0.1) is 5.10 Å². The van der Waals surface area contributed by atoms with Crippen molar-refractivity contribution in [1.82, 2.24) is 44.6 Å². The molecule has 4 aromatic rings. The van der Waals surface area contributed by atoms with E-state index in [9.17, 15) is 34.7 Å². The molecule has 7 rings (SSSR count). The quantitative estimate of drug-likeness (QED) is 0.145. The fourth-order valence-electron chi connectivity index (χ4n) is 6.45. The number of ether oxygens (including phenoxy) is 1. The zero-order valence-corrected chi connectivity index (χ0v) is 30.2. The summed E-state index contributed by atoms with van der Waals surface area (Å²) in [5.74, 6) is -1.87. The predicted molar refractivity (Wildman–Crippen MR) is 184 cm³/mol. The number of carbonyl (C=O) groups excluding carboxylic acids is 1. The molecule has 6 bridgehead atoms. The molecule has 3 aliphatic rings. The molecular formula is C34H38LuN10O8. The maximum Gasteiger partial charge on any atom is 0.317 e. The Morgan fingerprint density at radius 3 is 1.96 bits per heavy atom. The first-order chi connectivity index (χ1) is 25.1. The van der Waals surface area contributed by atoms with Crippen molar-refractivity contribution < 1.29 is 71.1 Å². The largest absolute Gasteiger partial charge is 0.480 e. The zero-order valence-electron chi connectivity index (χ0n) is 28.5. The van der Waals surface area contributed by atoms with Gasteiger partial charge in [0.25, 0.3) is 12.2 Å². The van der Waals surface area contributed by atoms with Gasteiger partial charge >= 0.3 is 11.9 Å². The number of carbonyl (C=O) groups is 3. The van der Waals surface area contributed by atoms with Crippen molar-refractivity contribution in [2.45, 2.75) is 19.6 Å². The van der Waals surface area contributed by atoms with Crippen LogP contribution in [-0.2, 0) is 34.0 Å². The van der Waals surface area contributed by atoms with Gasteiger partial charge < -0.3 is 14.9 Å². The number of aromatic nitrogens is 5. The number of nitrogens with zero attached hydrogens (tertiary/aromatic N) is 10. The van der Waals surface area contributed by atoms with Crippen molar-refractivity contribution in [2.75, 3.05) is 65.4 Å². The Labute approximate surface area is 333 Å². The van der Waals surface area contributed by atoms with Gasteiger partial charge in [-0.05, 0) is 41.5 Å². The van der Waals surface area contributed by atoms with Gasteiger partial charge in [0.2, 0.25) is 0 Å². The smallest absolute Gasteiger partial charge is 0.317 e. The molecule has 2 N–H and O–H groups in total. The van der Waals surface area contributed by atoms with Crippen LogP contribution in [0.1, 0.15) is 17.1 Å². The summed E-state index contributed by atoms with van der Waals surface area (Å²) in [6.45, 7) is 4.62. The number of rotatable bonds is 8. The van der Waals surface area contributed by atoms with Crippen molar-refractivity contribution in [3.8, 4) is 28.3 Å². The standard InChI is InChI=1S/C34H38N10O8.Lu/c45-23-52-30-15-25(14-29(16-30)44(50)51)24-12-27-19-40-6-10-41(21-33(46)47)8-4-39(5-9-42(11-7-40)22-34(48)49)18-26-2-1-3-31(37-26)32-17-35-38-43(32)20-28(13-24)36-27;/h1-3,12-17,23H,4-11,18-22H2,(H,46,47)(H,48,49);. The van der Waals surface area contributed by atoms with Crippen LogP contribution in [0.5, 0.6) is 5.75 Å². The van der Waals surface area contributed by atoms with Gasteiger partial charge in [0, 0.05) is 108 Å². The molecule has 0 saturated carbocycles. The number of aliphatic carboxylic acids is 2. The van der Waals surface area contributed by atoms with Crippen LogP contribution in [0.3, 0.4) is 0 Å². The average Bonchev–Trinajstić information content (AvgIpc) is 3.56. The molecule has 6 heterocycles. The van der Waals surface area contributed by atoms with Crippen molar-refractivity contribution in [2.24, 2.45) is 0 Å². The molecule has 1 fully saturated rings. The Balaban J connectivity index is 0.00000541. The van der Waals surface area contributed by atoms with E-state index in [0.717, 1.165) is 5.69 Å². The van der Waals surface area contributed by atoms with Crippen LogP contribution >= 0.6 is 0 Å². The predicted octanol–water partition coefficient (Wildman–Crippen LogP) is 1.30. The second-order valence-corrected chi connectivity index (χ2v) is 12.7. The first-order valence-corrected chi connectivity index (χ1v) is 16.7.